The minimum absolute atomic E-state index is 0. The van der Waals surface area contributed by atoms with E-state index >= 15 is 0 Å². The first-order valence-corrected chi connectivity index (χ1v) is 17.9. The maximum atomic E-state index is 13.2. The number of methoxy groups -OCH3 is 1. The molecule has 8 rings (SSSR count). The monoisotopic (exact) mass is 705 g/mol. The van der Waals surface area contributed by atoms with Crippen molar-refractivity contribution in [3.63, 3.8) is 0 Å². The third kappa shape index (κ3) is 7.51. The minimum atomic E-state index is -0.505. The first kappa shape index (κ1) is 36.5. The molecule has 0 spiro atoms. The molecule has 4 atom stereocenters. The van der Waals surface area contributed by atoms with E-state index in [4.69, 9.17) is 25.7 Å². The van der Waals surface area contributed by atoms with E-state index in [0.717, 1.165) is 87.6 Å². The lowest BCUT2D eigenvalue weighted by Gasteiger charge is -2.27. The van der Waals surface area contributed by atoms with Crippen molar-refractivity contribution >= 4 is 27.7 Å². The van der Waals surface area contributed by atoms with Gasteiger partial charge in [0.1, 0.15) is 24.0 Å². The van der Waals surface area contributed by atoms with Crippen molar-refractivity contribution in [2.24, 2.45) is 17.6 Å². The summed E-state index contributed by atoms with van der Waals surface area (Å²) in [4.78, 5) is 35.2. The Morgan fingerprint density at radius 1 is 1.14 bits per heavy atom. The molecular weight excluding hydrogens is 646 g/mol. The van der Waals surface area contributed by atoms with Gasteiger partial charge in [0.25, 0.3) is 0 Å². The average Bonchev–Trinajstić information content (AvgIpc) is 3.97. The second-order valence-corrected chi connectivity index (χ2v) is 14.0. The molecule has 2 saturated heterocycles. The first-order valence-electron chi connectivity index (χ1n) is 17.9. The number of carbonyl (C=O) groups excluding carboxylic acids is 1. The summed E-state index contributed by atoms with van der Waals surface area (Å²) in [6.45, 7) is 11.2. The number of benzene rings is 3. The quantitative estimate of drug-likeness (QED) is 0.0879. The number of nitrogens with one attached hydrogen (secondary N) is 3. The Hall–Kier alpha value is -4.33. The van der Waals surface area contributed by atoms with Gasteiger partial charge in [-0.2, -0.15) is 0 Å². The van der Waals surface area contributed by atoms with Crippen LogP contribution in [0, 0.1) is 11.8 Å². The van der Waals surface area contributed by atoms with Crippen molar-refractivity contribution in [1.29, 1.82) is 0 Å². The van der Waals surface area contributed by atoms with Crippen molar-refractivity contribution < 1.29 is 30.1 Å². The lowest BCUT2D eigenvalue weighted by Crippen LogP contribution is -2.46. The Morgan fingerprint density at radius 2 is 1.92 bits per heavy atom. The van der Waals surface area contributed by atoms with Gasteiger partial charge in [-0.15, -0.1) is 0 Å². The van der Waals surface area contributed by atoms with Crippen LogP contribution in [-0.2, 0) is 21.0 Å². The van der Waals surface area contributed by atoms with Crippen molar-refractivity contribution in [3.05, 3.63) is 65.9 Å². The Balaban J connectivity index is 0.000000884. The fourth-order valence-corrected chi connectivity index (χ4v) is 7.23. The summed E-state index contributed by atoms with van der Waals surface area (Å²) >= 11 is 0. The van der Waals surface area contributed by atoms with Crippen LogP contribution in [0.2, 0.25) is 0 Å². The van der Waals surface area contributed by atoms with Gasteiger partial charge in [-0.05, 0) is 90.9 Å². The van der Waals surface area contributed by atoms with Crippen molar-refractivity contribution in [2.75, 3.05) is 33.9 Å². The van der Waals surface area contributed by atoms with Gasteiger partial charge >= 0.3 is 0 Å². The SMILES string of the molecule is CC(C)[C@H](N)C(=O)N1C[C@@H](C)C[C@H]1c1ncc(-c2ccc3c(c2)COc2cc4c(ccc5[nH]c([C@@H]6CCCN6)nc54)cc2-3)[nH]1.CCOC.COO.[HH].[HH].[HH].[HH]. The number of hydrogen-bond acceptors (Lipinski definition) is 9. The fraction of sp³-hybridized carbons (Fsp3) is 0.462. The topological polar surface area (TPSA) is 164 Å². The molecule has 0 unspecified atom stereocenters. The van der Waals surface area contributed by atoms with E-state index in [0.29, 0.717) is 25.1 Å². The number of ether oxygens (including phenoxy) is 2. The Morgan fingerprint density at radius 3 is 2.63 bits per heavy atom. The molecule has 51 heavy (non-hydrogen) atoms. The largest absolute Gasteiger partial charge is 0.488 e. The molecule has 6 N–H and O–H groups in total. The second-order valence-electron chi connectivity index (χ2n) is 14.0. The highest BCUT2D eigenvalue weighted by Crippen LogP contribution is 2.43. The fourth-order valence-electron chi connectivity index (χ4n) is 7.23. The number of rotatable bonds is 6. The minimum Gasteiger partial charge on any atom is -0.488 e. The summed E-state index contributed by atoms with van der Waals surface area (Å²) in [6.07, 6.45) is 5.04. The number of aromatic amines is 2. The molecule has 0 saturated carbocycles. The zero-order valence-corrected chi connectivity index (χ0v) is 30.5. The smallest absolute Gasteiger partial charge is 0.240 e. The lowest BCUT2D eigenvalue weighted by molar-refractivity contribution is -0.214. The molecule has 2 aromatic heterocycles. The molecule has 5 heterocycles. The number of fused-ring (bicyclic) bond motifs is 6. The van der Waals surface area contributed by atoms with Crippen LogP contribution in [-0.4, -0.2) is 76.0 Å². The molecule has 3 aliphatic heterocycles. The van der Waals surface area contributed by atoms with E-state index in [1.54, 1.807) is 7.11 Å². The van der Waals surface area contributed by atoms with E-state index < -0.39 is 6.04 Å². The Labute approximate surface area is 305 Å². The maximum absolute atomic E-state index is 13.2. The summed E-state index contributed by atoms with van der Waals surface area (Å²) < 4.78 is 10.9. The van der Waals surface area contributed by atoms with Gasteiger partial charge in [-0.25, -0.2) is 14.9 Å². The molecule has 3 aromatic carbocycles. The molecule has 1 amide bonds. The van der Waals surface area contributed by atoms with Gasteiger partial charge in [-0.3, -0.25) is 10.1 Å². The molecule has 12 heteroatoms. The zero-order chi connectivity index (χ0) is 36.2. The van der Waals surface area contributed by atoms with Crippen LogP contribution in [0.15, 0.2) is 48.7 Å². The molecule has 3 aliphatic rings. The normalized spacial score (nSPS) is 19.9. The van der Waals surface area contributed by atoms with Crippen LogP contribution in [0.3, 0.4) is 0 Å². The van der Waals surface area contributed by atoms with Gasteiger partial charge in [0.15, 0.2) is 0 Å². The highest BCUT2D eigenvalue weighted by molar-refractivity contribution is 6.07. The van der Waals surface area contributed by atoms with Crippen LogP contribution in [0.25, 0.3) is 44.2 Å². The number of amides is 1. The van der Waals surface area contributed by atoms with Crippen LogP contribution in [0.1, 0.15) is 82.0 Å². The van der Waals surface area contributed by atoms with E-state index in [9.17, 15) is 4.79 Å². The predicted molar refractivity (Wildman–Crippen MR) is 208 cm³/mol. The number of nitrogens with two attached hydrogens (primary N) is 1. The molecule has 0 bridgehead atoms. The zero-order valence-electron chi connectivity index (χ0n) is 30.5. The summed E-state index contributed by atoms with van der Waals surface area (Å²) in [5.41, 5.74) is 13.7. The summed E-state index contributed by atoms with van der Waals surface area (Å²) in [5.74, 6) is 3.20. The van der Waals surface area contributed by atoms with E-state index in [1.807, 2.05) is 31.9 Å². The standard InChI is InChI=1S/C35H39N7O2.C3H8O.CH4O2.4H2/c1-18(2)31(36)35(43)42-16-19(3)11-29(42)34-38-15-28(40-34)21-6-8-23-22(12-21)17-44-30-14-24-20(13-25(23)30)7-9-26-32(24)41-33(39-26)27-5-4-10-37-27;1-3-4-2;1-3-2;;;;/h6-9,12-15,18-19,27,29,31,37H,4-5,10-11,16-17,36H2,1-3H3,(H,38,40)(H,39,41);3H2,1-2H3;2H,1H3;4*1H/t19-,27-,29-,31-;;;;;;/m0....../s1. The molecule has 5 aromatic rings. The number of imidazole rings is 2. The third-order valence-corrected chi connectivity index (χ3v) is 10.1. The lowest BCUT2D eigenvalue weighted by atomic mass is 9.92. The maximum Gasteiger partial charge on any atom is 0.240 e. The van der Waals surface area contributed by atoms with E-state index in [1.165, 1.54) is 19.1 Å². The number of carbonyl (C=O) groups is 1. The van der Waals surface area contributed by atoms with Gasteiger partial charge in [0.2, 0.25) is 5.91 Å². The second kappa shape index (κ2) is 15.9. The first-order chi connectivity index (χ1) is 24.7. The number of hydrogen-bond donors (Lipinski definition) is 5. The Bertz CT molecular complexity index is 1980. The van der Waals surface area contributed by atoms with Crippen LogP contribution >= 0.6 is 0 Å². The average molecular weight is 706 g/mol. The number of likely N-dealkylation sites (tertiary alicyclic amines) is 1. The van der Waals surface area contributed by atoms with Gasteiger partial charge in [0, 0.05) is 36.9 Å². The number of aromatic nitrogens is 4. The molecular formula is C39H59N7O5. The van der Waals surface area contributed by atoms with Crippen molar-refractivity contribution in [3.8, 4) is 28.1 Å². The molecule has 280 valence electrons. The molecule has 0 aliphatic carbocycles. The predicted octanol–water partition coefficient (Wildman–Crippen LogP) is 7.73. The third-order valence-electron chi connectivity index (χ3n) is 10.1. The summed E-state index contributed by atoms with van der Waals surface area (Å²) in [6, 6.07) is 14.9. The van der Waals surface area contributed by atoms with Crippen molar-refractivity contribution in [2.45, 2.75) is 71.7 Å². The molecule has 0 radical (unpaired) electrons. The highest BCUT2D eigenvalue weighted by Gasteiger charge is 2.38. The van der Waals surface area contributed by atoms with Crippen molar-refractivity contribution in [1.82, 2.24) is 30.2 Å². The van der Waals surface area contributed by atoms with E-state index in [-0.39, 0.29) is 23.6 Å². The summed E-state index contributed by atoms with van der Waals surface area (Å²) in [5, 5.41) is 12.9. The number of H-pyrrole nitrogens is 2. The van der Waals surface area contributed by atoms with Crippen LogP contribution < -0.4 is 15.8 Å². The Kier molecular flexibility index (Phi) is 11.4. The highest BCUT2D eigenvalue weighted by atomic mass is 17.1. The van der Waals surface area contributed by atoms with E-state index in [2.05, 4.69) is 74.3 Å². The van der Waals surface area contributed by atoms with Gasteiger partial charge in [0.05, 0.1) is 48.2 Å². The van der Waals surface area contributed by atoms with Gasteiger partial charge < -0.3 is 35.4 Å². The van der Waals surface area contributed by atoms with Crippen LogP contribution in [0.5, 0.6) is 5.75 Å². The summed E-state index contributed by atoms with van der Waals surface area (Å²) in [7, 11) is 2.86. The number of nitrogens with zero attached hydrogens (tertiary/aromatic N) is 3. The van der Waals surface area contributed by atoms with Gasteiger partial charge in [-0.1, -0.05) is 39.0 Å². The van der Waals surface area contributed by atoms with Crippen LogP contribution in [0.4, 0.5) is 0 Å². The molecule has 12 nitrogen and oxygen atoms in total. The molecule has 2 fully saturated rings.